The van der Waals surface area contributed by atoms with Gasteiger partial charge in [-0.2, -0.15) is 0 Å². The molecule has 14 heavy (non-hydrogen) atoms. The van der Waals surface area contributed by atoms with Gasteiger partial charge in [0, 0.05) is 4.90 Å². The quantitative estimate of drug-likeness (QED) is 0.637. The molecule has 0 aliphatic heterocycles. The molecule has 1 aromatic rings. The zero-order valence-electron chi connectivity index (χ0n) is 7.62. The molecule has 1 aromatic carbocycles. The van der Waals surface area contributed by atoms with E-state index in [0.717, 1.165) is 4.90 Å². The van der Waals surface area contributed by atoms with E-state index >= 15 is 0 Å². The second kappa shape index (κ2) is 5.90. The zero-order chi connectivity index (χ0) is 10.4. The third-order valence-corrected chi connectivity index (χ3v) is 2.93. The summed E-state index contributed by atoms with van der Waals surface area (Å²) >= 11 is 7.27. The summed E-state index contributed by atoms with van der Waals surface area (Å²) in [5.74, 6) is 0.106. The molecule has 0 saturated heterocycles. The fourth-order valence-electron chi connectivity index (χ4n) is 0.848. The number of hydroxylamine groups is 1. The lowest BCUT2D eigenvalue weighted by atomic mass is 10.4. The van der Waals surface area contributed by atoms with Crippen molar-refractivity contribution in [3.05, 3.63) is 29.3 Å². The molecule has 0 spiro atoms. The van der Waals surface area contributed by atoms with Crippen LogP contribution in [0.25, 0.3) is 0 Å². The Labute approximate surface area is 91.7 Å². The zero-order valence-corrected chi connectivity index (χ0v) is 9.19. The van der Waals surface area contributed by atoms with Crippen LogP contribution in [0.5, 0.6) is 0 Å². The van der Waals surface area contributed by atoms with Crippen molar-refractivity contribution < 1.29 is 9.63 Å². The average molecular weight is 232 g/mol. The molecule has 0 aromatic heterocycles. The molecule has 1 N–H and O–H groups in total. The van der Waals surface area contributed by atoms with Crippen molar-refractivity contribution in [3.63, 3.8) is 0 Å². The molecule has 0 atom stereocenters. The first kappa shape index (κ1) is 11.4. The number of halogens is 1. The lowest BCUT2D eigenvalue weighted by Crippen LogP contribution is -2.23. The maximum absolute atomic E-state index is 11.0. The summed E-state index contributed by atoms with van der Waals surface area (Å²) in [6, 6.07) is 7.38. The van der Waals surface area contributed by atoms with Crippen molar-refractivity contribution in [2.24, 2.45) is 0 Å². The van der Waals surface area contributed by atoms with Gasteiger partial charge in [-0.05, 0) is 12.1 Å². The van der Waals surface area contributed by atoms with Crippen LogP contribution in [0.4, 0.5) is 0 Å². The SMILES string of the molecule is CONC(=O)CSc1ccccc1Cl. The summed E-state index contributed by atoms with van der Waals surface area (Å²) in [5.41, 5.74) is 2.23. The number of hydrogen-bond donors (Lipinski definition) is 1. The Balaban J connectivity index is 2.46. The molecule has 0 radical (unpaired) electrons. The molecule has 0 unspecified atom stereocenters. The van der Waals surface area contributed by atoms with Crippen LogP contribution in [0, 0.1) is 0 Å². The van der Waals surface area contributed by atoms with Crippen LogP contribution in [-0.4, -0.2) is 18.8 Å². The minimum atomic E-state index is -0.183. The summed E-state index contributed by atoms with van der Waals surface area (Å²) in [5, 5.41) is 0.655. The van der Waals surface area contributed by atoms with Gasteiger partial charge >= 0.3 is 0 Å². The number of benzene rings is 1. The number of carbonyl (C=O) groups excluding carboxylic acids is 1. The van der Waals surface area contributed by atoms with Gasteiger partial charge in [0.2, 0.25) is 0 Å². The van der Waals surface area contributed by atoms with E-state index in [-0.39, 0.29) is 11.7 Å². The van der Waals surface area contributed by atoms with Gasteiger partial charge in [-0.1, -0.05) is 23.7 Å². The Bertz CT molecular complexity index is 319. The van der Waals surface area contributed by atoms with Crippen LogP contribution < -0.4 is 5.48 Å². The maximum Gasteiger partial charge on any atom is 0.253 e. The summed E-state index contributed by atoms with van der Waals surface area (Å²) in [4.78, 5) is 16.4. The van der Waals surface area contributed by atoms with Crippen molar-refractivity contribution in [2.75, 3.05) is 12.9 Å². The Hall–Kier alpha value is -0.710. The van der Waals surface area contributed by atoms with E-state index < -0.39 is 0 Å². The Morgan fingerprint density at radius 3 is 2.93 bits per heavy atom. The van der Waals surface area contributed by atoms with E-state index in [0.29, 0.717) is 5.02 Å². The topological polar surface area (TPSA) is 38.3 Å². The fraction of sp³-hybridized carbons (Fsp3) is 0.222. The first-order valence-electron chi connectivity index (χ1n) is 3.93. The van der Waals surface area contributed by atoms with Crippen molar-refractivity contribution in [3.8, 4) is 0 Å². The van der Waals surface area contributed by atoms with Gasteiger partial charge in [0.1, 0.15) is 0 Å². The normalized spacial score (nSPS) is 9.86. The van der Waals surface area contributed by atoms with Gasteiger partial charge in [0.15, 0.2) is 0 Å². The molecule has 0 heterocycles. The van der Waals surface area contributed by atoms with Gasteiger partial charge in [0.05, 0.1) is 17.9 Å². The predicted molar refractivity (Wildman–Crippen MR) is 57.3 cm³/mol. The Kier molecular flexibility index (Phi) is 4.79. The highest BCUT2D eigenvalue weighted by Crippen LogP contribution is 2.25. The summed E-state index contributed by atoms with van der Waals surface area (Å²) in [6.07, 6.45) is 0. The Morgan fingerprint density at radius 2 is 2.29 bits per heavy atom. The molecule has 0 saturated carbocycles. The first-order chi connectivity index (χ1) is 6.74. The molecule has 0 bridgehead atoms. The van der Waals surface area contributed by atoms with E-state index in [4.69, 9.17) is 11.6 Å². The number of amides is 1. The van der Waals surface area contributed by atoms with Gasteiger partial charge < -0.3 is 0 Å². The van der Waals surface area contributed by atoms with Crippen LogP contribution in [-0.2, 0) is 9.63 Å². The van der Waals surface area contributed by atoms with Gasteiger partial charge in [-0.3, -0.25) is 9.63 Å². The predicted octanol–water partition coefficient (Wildman–Crippen LogP) is 2.11. The molecule has 0 aliphatic carbocycles. The molecule has 5 heteroatoms. The van der Waals surface area contributed by atoms with E-state index in [1.54, 1.807) is 6.07 Å². The molecule has 1 amide bonds. The molecule has 0 fully saturated rings. The van der Waals surface area contributed by atoms with Crippen molar-refractivity contribution in [1.29, 1.82) is 0 Å². The monoisotopic (exact) mass is 231 g/mol. The van der Waals surface area contributed by atoms with Crippen molar-refractivity contribution in [1.82, 2.24) is 5.48 Å². The van der Waals surface area contributed by atoms with E-state index in [1.165, 1.54) is 18.9 Å². The molecule has 3 nitrogen and oxygen atoms in total. The smallest absolute Gasteiger partial charge is 0.253 e. The highest BCUT2D eigenvalue weighted by atomic mass is 35.5. The van der Waals surface area contributed by atoms with Gasteiger partial charge in [0.25, 0.3) is 5.91 Å². The standard InChI is InChI=1S/C9H10ClNO2S/c1-13-11-9(12)6-14-8-5-3-2-4-7(8)10/h2-5H,6H2,1H3,(H,11,12). The highest BCUT2D eigenvalue weighted by Gasteiger charge is 2.04. The van der Waals surface area contributed by atoms with Crippen LogP contribution >= 0.6 is 23.4 Å². The summed E-state index contributed by atoms with van der Waals surface area (Å²) in [6.45, 7) is 0. The maximum atomic E-state index is 11.0. The van der Waals surface area contributed by atoms with E-state index in [1.807, 2.05) is 18.2 Å². The molecular weight excluding hydrogens is 222 g/mol. The number of carbonyl (C=O) groups is 1. The van der Waals surface area contributed by atoms with Gasteiger partial charge in [-0.15, -0.1) is 11.8 Å². The average Bonchev–Trinajstić information content (AvgIpc) is 2.17. The molecule has 76 valence electrons. The highest BCUT2D eigenvalue weighted by molar-refractivity contribution is 8.00. The van der Waals surface area contributed by atoms with Crippen LogP contribution in [0.3, 0.4) is 0 Å². The number of hydrogen-bond acceptors (Lipinski definition) is 3. The molecule has 1 rings (SSSR count). The lowest BCUT2D eigenvalue weighted by Gasteiger charge is -2.03. The third-order valence-electron chi connectivity index (χ3n) is 1.41. The summed E-state index contributed by atoms with van der Waals surface area (Å²) < 4.78 is 0. The number of rotatable bonds is 4. The Morgan fingerprint density at radius 1 is 1.57 bits per heavy atom. The second-order valence-corrected chi connectivity index (χ2v) is 3.87. The van der Waals surface area contributed by atoms with Crippen LogP contribution in [0.15, 0.2) is 29.2 Å². The van der Waals surface area contributed by atoms with Gasteiger partial charge in [-0.25, -0.2) is 5.48 Å². The van der Waals surface area contributed by atoms with Crippen molar-refractivity contribution in [2.45, 2.75) is 4.90 Å². The molecule has 0 aliphatic rings. The first-order valence-corrected chi connectivity index (χ1v) is 5.29. The number of thioether (sulfide) groups is 1. The molecular formula is C9H10ClNO2S. The number of nitrogens with one attached hydrogen (secondary N) is 1. The van der Waals surface area contributed by atoms with E-state index in [2.05, 4.69) is 10.3 Å². The third kappa shape index (κ3) is 3.57. The summed E-state index contributed by atoms with van der Waals surface area (Å²) in [7, 11) is 1.40. The van der Waals surface area contributed by atoms with Crippen LogP contribution in [0.2, 0.25) is 5.02 Å². The second-order valence-electron chi connectivity index (χ2n) is 2.45. The van der Waals surface area contributed by atoms with Crippen LogP contribution in [0.1, 0.15) is 0 Å². The largest absolute Gasteiger partial charge is 0.277 e. The minimum absolute atomic E-state index is 0.183. The lowest BCUT2D eigenvalue weighted by molar-refractivity contribution is -0.128. The van der Waals surface area contributed by atoms with Crippen molar-refractivity contribution >= 4 is 29.3 Å². The fourth-order valence-corrected chi connectivity index (χ4v) is 1.87. The van der Waals surface area contributed by atoms with E-state index in [9.17, 15) is 4.79 Å². The minimum Gasteiger partial charge on any atom is -0.277 e.